The molecule has 1 N–H and O–H groups in total. The zero-order chi connectivity index (χ0) is 13.5. The molecule has 1 aromatic rings. The number of anilines is 1. The zero-order valence-electron chi connectivity index (χ0n) is 10.5. The van der Waals surface area contributed by atoms with Gasteiger partial charge >= 0.3 is 0 Å². The molecule has 0 radical (unpaired) electrons. The van der Waals surface area contributed by atoms with Gasteiger partial charge in [0.2, 0.25) is 5.95 Å². The maximum absolute atomic E-state index is 12.2. The van der Waals surface area contributed by atoms with Crippen LogP contribution in [0.2, 0.25) is 5.02 Å². The van der Waals surface area contributed by atoms with Crippen LogP contribution in [-0.2, 0) is 9.84 Å². The second-order valence-corrected chi connectivity index (χ2v) is 8.35. The molecule has 1 saturated carbocycles. The molecule has 2 aliphatic rings. The predicted octanol–water partition coefficient (Wildman–Crippen LogP) is 2.04. The molecule has 5 nitrogen and oxygen atoms in total. The molecule has 1 unspecified atom stereocenters. The van der Waals surface area contributed by atoms with E-state index < -0.39 is 14.6 Å². The van der Waals surface area contributed by atoms with E-state index in [-0.39, 0.29) is 11.8 Å². The van der Waals surface area contributed by atoms with Gasteiger partial charge in [0.15, 0.2) is 9.84 Å². The van der Waals surface area contributed by atoms with Crippen LogP contribution in [0.15, 0.2) is 12.4 Å². The van der Waals surface area contributed by atoms with Crippen molar-refractivity contribution < 1.29 is 8.42 Å². The Bertz CT molecular complexity index is 569. The Labute approximate surface area is 117 Å². The Morgan fingerprint density at radius 2 is 2.00 bits per heavy atom. The van der Waals surface area contributed by atoms with E-state index in [2.05, 4.69) is 15.3 Å². The first-order valence-electron chi connectivity index (χ1n) is 6.47. The van der Waals surface area contributed by atoms with Gasteiger partial charge in [-0.3, -0.25) is 0 Å². The normalized spacial score (nSPS) is 27.7. The highest BCUT2D eigenvalue weighted by atomic mass is 35.5. The molecule has 1 aliphatic heterocycles. The van der Waals surface area contributed by atoms with Crippen LogP contribution in [-0.4, -0.2) is 34.9 Å². The Kier molecular flexibility index (Phi) is 3.17. The SMILES string of the molecule is O=S1(=O)CCC(Nc2ncc(Cl)cn2)CC12CCC2. The van der Waals surface area contributed by atoms with Crippen molar-refractivity contribution in [2.75, 3.05) is 11.1 Å². The minimum absolute atomic E-state index is 0.130. The molecule has 104 valence electrons. The van der Waals surface area contributed by atoms with E-state index in [4.69, 9.17) is 11.6 Å². The lowest BCUT2D eigenvalue weighted by Crippen LogP contribution is -2.53. The second-order valence-electron chi connectivity index (χ2n) is 5.41. The molecule has 2 heterocycles. The fourth-order valence-corrected chi connectivity index (χ4v) is 5.46. The number of nitrogens with one attached hydrogen (secondary N) is 1. The molecule has 0 aromatic carbocycles. The summed E-state index contributed by atoms with van der Waals surface area (Å²) in [7, 11) is -2.92. The van der Waals surface area contributed by atoms with Crippen LogP contribution >= 0.6 is 11.6 Å². The van der Waals surface area contributed by atoms with Gasteiger partial charge in [-0.05, 0) is 25.7 Å². The average molecular weight is 302 g/mol. The summed E-state index contributed by atoms with van der Waals surface area (Å²) >= 11 is 5.74. The summed E-state index contributed by atoms with van der Waals surface area (Å²) in [5, 5.41) is 3.72. The van der Waals surface area contributed by atoms with Crippen molar-refractivity contribution in [1.29, 1.82) is 0 Å². The maximum Gasteiger partial charge on any atom is 0.222 e. The van der Waals surface area contributed by atoms with Crippen LogP contribution in [0.3, 0.4) is 0 Å². The molecule has 1 saturated heterocycles. The smallest absolute Gasteiger partial charge is 0.222 e. The number of sulfone groups is 1. The van der Waals surface area contributed by atoms with Crippen molar-refractivity contribution in [3.8, 4) is 0 Å². The topological polar surface area (TPSA) is 72.0 Å². The lowest BCUT2D eigenvalue weighted by atomic mass is 9.79. The Morgan fingerprint density at radius 3 is 2.58 bits per heavy atom. The largest absolute Gasteiger partial charge is 0.351 e. The monoisotopic (exact) mass is 301 g/mol. The van der Waals surface area contributed by atoms with Gasteiger partial charge in [-0.1, -0.05) is 18.0 Å². The molecule has 7 heteroatoms. The zero-order valence-corrected chi connectivity index (χ0v) is 12.0. The van der Waals surface area contributed by atoms with E-state index in [1.807, 2.05) is 0 Å². The highest BCUT2D eigenvalue weighted by Crippen LogP contribution is 2.46. The van der Waals surface area contributed by atoms with Crippen LogP contribution < -0.4 is 5.32 Å². The van der Waals surface area contributed by atoms with Crippen LogP contribution in [0, 0.1) is 0 Å². The standard InChI is InChI=1S/C12H16ClN3O2S/c13-9-7-14-11(15-8-9)16-10-2-5-19(17,18)12(6-10)3-1-4-12/h7-8,10H,1-6H2,(H,14,15,16). The minimum Gasteiger partial charge on any atom is -0.351 e. The first-order chi connectivity index (χ1) is 9.01. The van der Waals surface area contributed by atoms with Crippen molar-refractivity contribution in [2.45, 2.75) is 42.9 Å². The molecular formula is C12H16ClN3O2S. The first kappa shape index (κ1) is 13.1. The lowest BCUT2D eigenvalue weighted by Gasteiger charge is -2.46. The number of nitrogens with zero attached hydrogens (tertiary/aromatic N) is 2. The van der Waals surface area contributed by atoms with Crippen molar-refractivity contribution in [3.05, 3.63) is 17.4 Å². The molecule has 19 heavy (non-hydrogen) atoms. The summed E-state index contributed by atoms with van der Waals surface area (Å²) in [6.45, 7) is 0. The summed E-state index contributed by atoms with van der Waals surface area (Å²) < 4.78 is 23.8. The highest BCUT2D eigenvalue weighted by Gasteiger charge is 2.52. The fourth-order valence-electron chi connectivity index (χ4n) is 2.97. The van der Waals surface area contributed by atoms with Crippen LogP contribution in [0.4, 0.5) is 5.95 Å². The van der Waals surface area contributed by atoms with Crippen molar-refractivity contribution in [2.24, 2.45) is 0 Å². The molecule has 3 rings (SSSR count). The van der Waals surface area contributed by atoms with Gasteiger partial charge in [0.1, 0.15) is 0 Å². The van der Waals surface area contributed by atoms with Gasteiger partial charge in [0.05, 0.1) is 27.9 Å². The van der Waals surface area contributed by atoms with E-state index in [1.165, 1.54) is 12.4 Å². The predicted molar refractivity (Wildman–Crippen MR) is 74.1 cm³/mol. The quantitative estimate of drug-likeness (QED) is 0.905. The molecule has 2 fully saturated rings. The molecule has 1 aliphatic carbocycles. The van der Waals surface area contributed by atoms with E-state index in [9.17, 15) is 8.42 Å². The van der Waals surface area contributed by atoms with E-state index in [0.29, 0.717) is 23.8 Å². The summed E-state index contributed by atoms with van der Waals surface area (Å²) in [5.74, 6) is 0.779. The van der Waals surface area contributed by atoms with Gasteiger partial charge in [0.25, 0.3) is 0 Å². The third kappa shape index (κ3) is 2.31. The summed E-state index contributed by atoms with van der Waals surface area (Å²) in [6.07, 6.45) is 6.98. The van der Waals surface area contributed by atoms with Crippen LogP contribution in [0.1, 0.15) is 32.1 Å². The van der Waals surface area contributed by atoms with Gasteiger partial charge in [-0.15, -0.1) is 0 Å². The average Bonchev–Trinajstić information content (AvgIpc) is 2.32. The Hall–Kier alpha value is -0.880. The summed E-state index contributed by atoms with van der Waals surface area (Å²) in [6, 6.07) is 0.130. The highest BCUT2D eigenvalue weighted by molar-refractivity contribution is 7.92. The van der Waals surface area contributed by atoms with E-state index >= 15 is 0 Å². The molecule has 1 aromatic heterocycles. The lowest BCUT2D eigenvalue weighted by molar-refractivity contribution is 0.289. The van der Waals surface area contributed by atoms with E-state index in [0.717, 1.165) is 19.3 Å². The number of hydrogen-bond acceptors (Lipinski definition) is 5. The van der Waals surface area contributed by atoms with Crippen molar-refractivity contribution in [1.82, 2.24) is 9.97 Å². The Balaban J connectivity index is 1.72. The summed E-state index contributed by atoms with van der Waals surface area (Å²) in [4.78, 5) is 8.19. The fraction of sp³-hybridized carbons (Fsp3) is 0.667. The first-order valence-corrected chi connectivity index (χ1v) is 8.50. The van der Waals surface area contributed by atoms with E-state index in [1.54, 1.807) is 0 Å². The molecule has 1 spiro atoms. The molecule has 1 atom stereocenters. The number of halogens is 1. The van der Waals surface area contributed by atoms with Crippen LogP contribution in [0.5, 0.6) is 0 Å². The third-order valence-corrected chi connectivity index (χ3v) is 7.09. The van der Waals surface area contributed by atoms with Gasteiger partial charge in [0, 0.05) is 6.04 Å². The number of rotatable bonds is 2. The van der Waals surface area contributed by atoms with Gasteiger partial charge in [-0.25, -0.2) is 18.4 Å². The minimum atomic E-state index is -2.92. The van der Waals surface area contributed by atoms with Gasteiger partial charge < -0.3 is 5.32 Å². The molecule has 0 bridgehead atoms. The summed E-state index contributed by atoms with van der Waals surface area (Å²) in [5.41, 5.74) is 0. The molecule has 0 amide bonds. The third-order valence-electron chi connectivity index (χ3n) is 4.23. The Morgan fingerprint density at radius 1 is 1.32 bits per heavy atom. The second kappa shape index (κ2) is 4.59. The number of aromatic nitrogens is 2. The maximum atomic E-state index is 12.2. The van der Waals surface area contributed by atoms with Crippen LogP contribution in [0.25, 0.3) is 0 Å². The number of hydrogen-bond donors (Lipinski definition) is 1. The van der Waals surface area contributed by atoms with Crippen molar-refractivity contribution in [3.63, 3.8) is 0 Å². The van der Waals surface area contributed by atoms with Gasteiger partial charge in [-0.2, -0.15) is 0 Å². The van der Waals surface area contributed by atoms with Crippen molar-refractivity contribution >= 4 is 27.4 Å². The molecular weight excluding hydrogens is 286 g/mol.